The minimum absolute atomic E-state index is 0. The Morgan fingerprint density at radius 1 is 0.857 bits per heavy atom. The van der Waals surface area contributed by atoms with Gasteiger partial charge in [0.15, 0.2) is 0 Å². The van der Waals surface area contributed by atoms with E-state index in [1.807, 2.05) is 0 Å². The van der Waals surface area contributed by atoms with Gasteiger partial charge in [-0.1, -0.05) is 0 Å². The van der Waals surface area contributed by atoms with Crippen molar-refractivity contribution in [3.05, 3.63) is 0 Å². The summed E-state index contributed by atoms with van der Waals surface area (Å²) in [7, 11) is -5.61. The Labute approximate surface area is 96.9 Å². The molecule has 0 aromatic heterocycles. The van der Waals surface area contributed by atoms with Crippen LogP contribution >= 0.6 is 0 Å². The third kappa shape index (κ3) is 59.6. The number of rotatable bonds is 0. The fourth-order valence-electron chi connectivity index (χ4n) is 0. The van der Waals surface area contributed by atoms with Gasteiger partial charge in [0.25, 0.3) is 0 Å². The summed E-state index contributed by atoms with van der Waals surface area (Å²) < 4.78 is 0. The average Bonchev–Trinajstić information content (AvgIpc) is 0.722. The molecule has 0 heterocycles. The van der Waals surface area contributed by atoms with Crippen LogP contribution < -0.4 is 48.7 Å². The standard InChI is InChI=1S/Na.Nd.O4Si/c;;1-5(2,3)4/q+1;+3;-4. The van der Waals surface area contributed by atoms with Crippen LogP contribution in [0.1, 0.15) is 0 Å². The van der Waals surface area contributed by atoms with Gasteiger partial charge in [0.1, 0.15) is 0 Å². The van der Waals surface area contributed by atoms with E-state index in [4.69, 9.17) is 19.2 Å². The van der Waals surface area contributed by atoms with Gasteiger partial charge in [-0.25, -0.2) is 0 Å². The zero-order chi connectivity index (χ0) is 4.50. The van der Waals surface area contributed by atoms with Crippen molar-refractivity contribution in [2.75, 3.05) is 0 Å². The molecule has 0 amide bonds. The molecule has 0 atom stereocenters. The molecule has 0 aliphatic rings. The van der Waals surface area contributed by atoms with Crippen LogP contribution in [0.2, 0.25) is 0 Å². The van der Waals surface area contributed by atoms with Gasteiger partial charge in [0.05, 0.1) is 0 Å². The third-order valence-corrected chi connectivity index (χ3v) is 0. The molecule has 0 bridgehead atoms. The largest absolute Gasteiger partial charge is 3.00 e. The molecule has 0 saturated heterocycles. The van der Waals surface area contributed by atoms with E-state index in [1.165, 1.54) is 0 Å². The minimum atomic E-state index is -5.61. The van der Waals surface area contributed by atoms with Crippen LogP contribution in [0, 0.1) is 40.8 Å². The first-order chi connectivity index (χ1) is 2.00. The van der Waals surface area contributed by atoms with E-state index < -0.39 is 9.05 Å². The van der Waals surface area contributed by atoms with Gasteiger partial charge in [0, 0.05) is 0 Å². The maximum Gasteiger partial charge on any atom is 3.00 e. The van der Waals surface area contributed by atoms with Crippen molar-refractivity contribution >= 4 is 9.05 Å². The molecule has 4 nitrogen and oxygen atoms in total. The number of hydrogen-bond donors (Lipinski definition) is 0. The van der Waals surface area contributed by atoms with Crippen LogP contribution in [0.15, 0.2) is 0 Å². The Hall–Kier alpha value is 2.41. The van der Waals surface area contributed by atoms with Crippen LogP contribution in [-0.4, -0.2) is 9.05 Å². The van der Waals surface area contributed by atoms with Gasteiger partial charge in [0.2, 0.25) is 0 Å². The first-order valence-corrected chi connectivity index (χ1v) is 2.45. The van der Waals surface area contributed by atoms with Crippen molar-refractivity contribution < 1.29 is 89.6 Å². The van der Waals surface area contributed by atoms with Gasteiger partial charge >= 0.3 is 70.4 Å². The summed E-state index contributed by atoms with van der Waals surface area (Å²) in [5.74, 6) is 0. The molecule has 0 aromatic carbocycles. The molecule has 7 heavy (non-hydrogen) atoms. The van der Waals surface area contributed by atoms with Gasteiger partial charge < -0.3 is 28.2 Å². The summed E-state index contributed by atoms with van der Waals surface area (Å²) in [5, 5.41) is 0. The van der Waals surface area contributed by atoms with E-state index >= 15 is 0 Å². The van der Waals surface area contributed by atoms with Crippen LogP contribution in [-0.2, 0) is 0 Å². The summed E-state index contributed by atoms with van der Waals surface area (Å²) in [5.41, 5.74) is 0. The fourth-order valence-corrected chi connectivity index (χ4v) is 0. The first kappa shape index (κ1) is 16.2. The molecule has 33 valence electrons. The zero-order valence-electron chi connectivity index (χ0n) is 3.63. The van der Waals surface area contributed by atoms with E-state index in [0.717, 1.165) is 0 Å². The third-order valence-electron chi connectivity index (χ3n) is 0. The Morgan fingerprint density at radius 2 is 0.857 bits per heavy atom. The molecule has 0 rings (SSSR count). The zero-order valence-corrected chi connectivity index (χ0v) is 9.84. The molecule has 0 N–H and O–H groups in total. The Bertz CT molecular complexity index is 27.2. The van der Waals surface area contributed by atoms with Crippen molar-refractivity contribution in [3.8, 4) is 0 Å². The summed E-state index contributed by atoms with van der Waals surface area (Å²) in [6, 6.07) is 0. The van der Waals surface area contributed by atoms with Gasteiger partial charge in [-0.3, -0.25) is 0 Å². The van der Waals surface area contributed by atoms with E-state index in [9.17, 15) is 0 Å². The topological polar surface area (TPSA) is 92.2 Å². The maximum absolute atomic E-state index is 8.58. The second-order valence-corrected chi connectivity index (χ2v) is 1.50. The fraction of sp³-hybridized carbons (Fsp3) is 0. The quantitative estimate of drug-likeness (QED) is 0.404. The predicted octanol–water partition coefficient (Wildman–Crippen LogP) is -8.13. The van der Waals surface area contributed by atoms with Crippen LogP contribution in [0.25, 0.3) is 0 Å². The van der Waals surface area contributed by atoms with Crippen LogP contribution in [0.5, 0.6) is 0 Å². The smallest absolute Gasteiger partial charge is 0.894 e. The molecule has 7 heteroatoms. The van der Waals surface area contributed by atoms with Crippen molar-refractivity contribution in [3.63, 3.8) is 0 Å². The van der Waals surface area contributed by atoms with E-state index in [0.29, 0.717) is 0 Å². The van der Waals surface area contributed by atoms with Crippen molar-refractivity contribution in [2.45, 2.75) is 0 Å². The molecular weight excluding hydrogens is 259 g/mol. The molecular formula is NaNdO4Si. The summed E-state index contributed by atoms with van der Waals surface area (Å²) in [4.78, 5) is 34.3. The monoisotopic (exact) mass is 257 g/mol. The van der Waals surface area contributed by atoms with Gasteiger partial charge in [-0.15, -0.1) is 0 Å². The SMILES string of the molecule is [Na+].[Nd+3].[O-][Si]([O-])([O-])[O-]. The van der Waals surface area contributed by atoms with Crippen molar-refractivity contribution in [1.82, 2.24) is 0 Å². The first-order valence-electron chi connectivity index (χ1n) is 0.816. The Kier molecular flexibility index (Phi) is 15.1. The average molecular weight is 259 g/mol. The van der Waals surface area contributed by atoms with Gasteiger partial charge in [-0.05, 0) is 0 Å². The molecule has 0 unspecified atom stereocenters. The minimum Gasteiger partial charge on any atom is -0.894 e. The second-order valence-electron chi connectivity index (χ2n) is 0.500. The van der Waals surface area contributed by atoms with Gasteiger partial charge in [-0.2, -0.15) is 0 Å². The molecule has 0 aliphatic heterocycles. The van der Waals surface area contributed by atoms with Crippen molar-refractivity contribution in [2.24, 2.45) is 0 Å². The molecule has 1 radical (unpaired) electrons. The number of hydrogen-bond acceptors (Lipinski definition) is 4. The predicted molar refractivity (Wildman–Crippen MR) is 5.75 cm³/mol. The second kappa shape index (κ2) is 6.53. The molecule has 0 fully saturated rings. The van der Waals surface area contributed by atoms with Crippen molar-refractivity contribution in [1.29, 1.82) is 0 Å². The van der Waals surface area contributed by atoms with E-state index in [2.05, 4.69) is 0 Å². The van der Waals surface area contributed by atoms with Crippen LogP contribution in [0.3, 0.4) is 0 Å². The molecule has 0 spiro atoms. The van der Waals surface area contributed by atoms with E-state index in [-0.39, 0.29) is 70.4 Å². The van der Waals surface area contributed by atoms with E-state index in [1.54, 1.807) is 0 Å². The summed E-state index contributed by atoms with van der Waals surface area (Å²) in [6.07, 6.45) is 0. The summed E-state index contributed by atoms with van der Waals surface area (Å²) in [6.45, 7) is 0. The normalized spacial score (nSPS) is 8.57. The molecule has 0 aliphatic carbocycles. The summed E-state index contributed by atoms with van der Waals surface area (Å²) >= 11 is 0. The molecule has 0 aromatic rings. The Balaban J connectivity index is -0.0000000800. The molecule has 0 saturated carbocycles. The van der Waals surface area contributed by atoms with Crippen LogP contribution in [0.4, 0.5) is 0 Å². The Morgan fingerprint density at radius 3 is 0.857 bits per heavy atom. The maximum atomic E-state index is 8.58.